The van der Waals surface area contributed by atoms with Gasteiger partial charge in [-0.1, -0.05) is 0 Å². The number of aromatic hydroxyl groups is 1. The molecule has 2 rings (SSSR count). The number of rotatable bonds is 3. The molecule has 18 heavy (non-hydrogen) atoms. The van der Waals surface area contributed by atoms with Crippen LogP contribution in [0.25, 0.3) is 10.6 Å². The predicted octanol–water partition coefficient (Wildman–Crippen LogP) is 2.88. The van der Waals surface area contributed by atoms with Crippen molar-refractivity contribution in [2.75, 3.05) is 0 Å². The molecule has 94 valence electrons. The second-order valence-corrected chi connectivity index (χ2v) is 5.37. The van der Waals surface area contributed by atoms with Crippen molar-refractivity contribution in [1.82, 2.24) is 4.98 Å². The van der Waals surface area contributed by atoms with E-state index in [0.29, 0.717) is 5.69 Å². The summed E-state index contributed by atoms with van der Waals surface area (Å²) in [5, 5.41) is 20.9. The van der Waals surface area contributed by atoms with Gasteiger partial charge < -0.3 is 10.2 Å². The summed E-state index contributed by atoms with van der Waals surface area (Å²) in [6.45, 7) is 3.26. The van der Waals surface area contributed by atoms with Gasteiger partial charge >= 0.3 is 5.97 Å². The zero-order valence-electron chi connectivity index (χ0n) is 10.0. The molecular weight excluding hydrogens is 250 g/mol. The number of nitrogens with zero attached hydrogens (tertiary/aromatic N) is 1. The summed E-state index contributed by atoms with van der Waals surface area (Å²) in [6.07, 6.45) is 0. The number of thiazole rings is 1. The van der Waals surface area contributed by atoms with Crippen molar-refractivity contribution in [3.05, 3.63) is 35.3 Å². The van der Waals surface area contributed by atoms with Crippen molar-refractivity contribution in [1.29, 1.82) is 0 Å². The first kappa shape index (κ1) is 12.6. The summed E-state index contributed by atoms with van der Waals surface area (Å²) in [6, 6.07) is 6.68. The van der Waals surface area contributed by atoms with Gasteiger partial charge in [0, 0.05) is 10.9 Å². The second-order valence-electron chi connectivity index (χ2n) is 4.51. The molecule has 0 saturated carbocycles. The topological polar surface area (TPSA) is 70.4 Å². The number of phenolic OH excluding ortho intramolecular Hbond substituents is 1. The number of aromatic nitrogens is 1. The predicted molar refractivity (Wildman–Crippen MR) is 69.9 cm³/mol. The van der Waals surface area contributed by atoms with E-state index in [0.717, 1.165) is 10.6 Å². The van der Waals surface area contributed by atoms with Crippen molar-refractivity contribution >= 4 is 17.3 Å². The third-order valence-corrected chi connectivity index (χ3v) is 3.68. The third kappa shape index (κ3) is 2.22. The summed E-state index contributed by atoms with van der Waals surface area (Å²) in [4.78, 5) is 15.5. The number of aliphatic carboxylic acids is 1. The van der Waals surface area contributed by atoms with Crippen LogP contribution in [0.15, 0.2) is 29.6 Å². The molecule has 0 atom stereocenters. The monoisotopic (exact) mass is 263 g/mol. The van der Waals surface area contributed by atoms with E-state index in [9.17, 15) is 9.90 Å². The van der Waals surface area contributed by atoms with Gasteiger partial charge in [0.05, 0.1) is 5.69 Å². The van der Waals surface area contributed by atoms with E-state index < -0.39 is 11.4 Å². The van der Waals surface area contributed by atoms with Crippen LogP contribution in [0.5, 0.6) is 5.75 Å². The molecule has 4 nitrogen and oxygen atoms in total. The molecule has 0 fully saturated rings. The maximum Gasteiger partial charge on any atom is 0.315 e. The Bertz CT molecular complexity index is 572. The fourth-order valence-corrected chi connectivity index (χ4v) is 2.40. The lowest BCUT2D eigenvalue weighted by molar-refractivity contribution is -0.142. The van der Waals surface area contributed by atoms with Gasteiger partial charge in [-0.05, 0) is 38.1 Å². The average Bonchev–Trinajstić information content (AvgIpc) is 2.79. The zero-order chi connectivity index (χ0) is 13.3. The van der Waals surface area contributed by atoms with Crippen LogP contribution in [0.3, 0.4) is 0 Å². The Balaban J connectivity index is 2.37. The molecule has 1 aromatic heterocycles. The number of carboxylic acids is 1. The number of benzene rings is 1. The summed E-state index contributed by atoms with van der Waals surface area (Å²) >= 11 is 1.40. The maximum atomic E-state index is 11.1. The highest BCUT2D eigenvalue weighted by atomic mass is 32.1. The van der Waals surface area contributed by atoms with Crippen LogP contribution in [0.4, 0.5) is 0 Å². The minimum absolute atomic E-state index is 0.196. The Hall–Kier alpha value is -1.88. The quantitative estimate of drug-likeness (QED) is 0.893. The zero-order valence-corrected chi connectivity index (χ0v) is 10.9. The molecule has 0 aliphatic heterocycles. The van der Waals surface area contributed by atoms with Crippen LogP contribution in [0, 0.1) is 0 Å². The van der Waals surface area contributed by atoms with Gasteiger partial charge in [-0.25, -0.2) is 4.98 Å². The first-order chi connectivity index (χ1) is 8.41. The SMILES string of the molecule is CC(C)(C(=O)O)c1csc(-c2ccc(O)cc2)n1. The molecule has 2 aromatic rings. The molecule has 5 heteroatoms. The standard InChI is InChI=1S/C13H13NO3S/c1-13(2,12(16)17)10-7-18-11(14-10)8-3-5-9(15)6-4-8/h3-7,15H,1-2H3,(H,16,17). The fourth-order valence-electron chi connectivity index (χ4n) is 1.41. The first-order valence-electron chi connectivity index (χ1n) is 5.40. The Morgan fingerprint density at radius 3 is 2.44 bits per heavy atom. The first-order valence-corrected chi connectivity index (χ1v) is 6.28. The lowest BCUT2D eigenvalue weighted by atomic mass is 9.90. The van der Waals surface area contributed by atoms with Gasteiger partial charge in [-0.2, -0.15) is 0 Å². The van der Waals surface area contributed by atoms with Crippen LogP contribution < -0.4 is 0 Å². The lowest BCUT2D eigenvalue weighted by Gasteiger charge is -2.15. The van der Waals surface area contributed by atoms with Gasteiger partial charge in [0.2, 0.25) is 0 Å². The Morgan fingerprint density at radius 2 is 1.89 bits per heavy atom. The summed E-state index contributed by atoms with van der Waals surface area (Å²) in [5.41, 5.74) is 0.416. The van der Waals surface area contributed by atoms with Crippen molar-refractivity contribution in [3.63, 3.8) is 0 Å². The fraction of sp³-hybridized carbons (Fsp3) is 0.231. The molecule has 0 unspecified atom stereocenters. The van der Waals surface area contributed by atoms with Gasteiger partial charge in [0.1, 0.15) is 16.2 Å². The molecule has 2 N–H and O–H groups in total. The van der Waals surface area contributed by atoms with E-state index in [1.807, 2.05) is 0 Å². The number of carboxylic acid groups (broad SMARTS) is 1. The molecule has 0 aliphatic rings. The second kappa shape index (κ2) is 4.42. The van der Waals surface area contributed by atoms with Gasteiger partial charge in [0.25, 0.3) is 0 Å². The minimum Gasteiger partial charge on any atom is -0.508 e. The maximum absolute atomic E-state index is 11.1. The molecule has 1 heterocycles. The smallest absolute Gasteiger partial charge is 0.315 e. The highest BCUT2D eigenvalue weighted by molar-refractivity contribution is 7.13. The van der Waals surface area contributed by atoms with E-state index in [2.05, 4.69) is 4.98 Å². The number of carbonyl (C=O) groups is 1. The molecule has 1 aromatic carbocycles. The minimum atomic E-state index is -0.994. The average molecular weight is 263 g/mol. The highest BCUT2D eigenvalue weighted by Gasteiger charge is 2.32. The molecule has 0 amide bonds. The Kier molecular flexibility index (Phi) is 3.09. The van der Waals surface area contributed by atoms with Crippen molar-refractivity contribution in [2.45, 2.75) is 19.3 Å². The van der Waals surface area contributed by atoms with Gasteiger partial charge in [-0.3, -0.25) is 4.79 Å². The Morgan fingerprint density at radius 1 is 1.28 bits per heavy atom. The lowest BCUT2D eigenvalue weighted by Crippen LogP contribution is -2.28. The summed E-state index contributed by atoms with van der Waals surface area (Å²) in [5.74, 6) is -0.702. The van der Waals surface area contributed by atoms with Crippen LogP contribution >= 0.6 is 11.3 Å². The molecule has 0 spiro atoms. The van der Waals surface area contributed by atoms with Crippen molar-refractivity contribution in [2.24, 2.45) is 0 Å². The number of phenols is 1. The summed E-state index contributed by atoms with van der Waals surface area (Å²) < 4.78 is 0. The van der Waals surface area contributed by atoms with E-state index in [1.54, 1.807) is 43.5 Å². The normalized spacial score (nSPS) is 11.4. The third-order valence-electron chi connectivity index (χ3n) is 2.79. The van der Waals surface area contributed by atoms with Crippen molar-refractivity contribution < 1.29 is 15.0 Å². The van der Waals surface area contributed by atoms with Crippen LogP contribution in [-0.4, -0.2) is 21.2 Å². The number of hydrogen-bond donors (Lipinski definition) is 2. The number of hydrogen-bond acceptors (Lipinski definition) is 4. The van der Waals surface area contributed by atoms with Gasteiger partial charge in [-0.15, -0.1) is 11.3 Å². The van der Waals surface area contributed by atoms with E-state index in [4.69, 9.17) is 5.11 Å². The summed E-state index contributed by atoms with van der Waals surface area (Å²) in [7, 11) is 0. The largest absolute Gasteiger partial charge is 0.508 e. The van der Waals surface area contributed by atoms with Crippen LogP contribution in [-0.2, 0) is 10.2 Å². The molecule has 0 bridgehead atoms. The van der Waals surface area contributed by atoms with Crippen LogP contribution in [0.1, 0.15) is 19.5 Å². The van der Waals surface area contributed by atoms with Crippen molar-refractivity contribution in [3.8, 4) is 16.3 Å². The van der Waals surface area contributed by atoms with Gasteiger partial charge in [0.15, 0.2) is 0 Å². The van der Waals surface area contributed by atoms with E-state index >= 15 is 0 Å². The van der Waals surface area contributed by atoms with E-state index in [-0.39, 0.29) is 5.75 Å². The molecule has 0 aliphatic carbocycles. The molecular formula is C13H13NO3S. The van der Waals surface area contributed by atoms with E-state index in [1.165, 1.54) is 11.3 Å². The molecule has 0 radical (unpaired) electrons. The highest BCUT2D eigenvalue weighted by Crippen LogP contribution is 2.30. The molecule has 0 saturated heterocycles. The van der Waals surface area contributed by atoms with Crippen LogP contribution in [0.2, 0.25) is 0 Å². The Labute approximate surface area is 109 Å².